The van der Waals surface area contributed by atoms with Crippen molar-refractivity contribution in [2.24, 2.45) is 0 Å². The summed E-state index contributed by atoms with van der Waals surface area (Å²) in [6.07, 6.45) is 5.38. The summed E-state index contributed by atoms with van der Waals surface area (Å²) in [6.45, 7) is 6.10. The molecule has 0 atom stereocenters. The molecule has 0 unspecified atom stereocenters. The maximum absolute atomic E-state index is 12.1. The molecule has 1 fully saturated rings. The molecule has 1 aliphatic heterocycles. The zero-order valence-corrected chi connectivity index (χ0v) is 17.2. The average molecular weight is 417 g/mol. The van der Waals surface area contributed by atoms with E-state index in [2.05, 4.69) is 11.9 Å². The second-order valence-electron chi connectivity index (χ2n) is 6.69. The van der Waals surface area contributed by atoms with E-state index in [0.717, 1.165) is 45.6 Å². The van der Waals surface area contributed by atoms with Crippen LogP contribution >= 0.6 is 11.8 Å². The fraction of sp³-hybridized carbons (Fsp3) is 0.0870. The van der Waals surface area contributed by atoms with Crippen LogP contribution in [0.4, 0.5) is 0 Å². The molecule has 2 heterocycles. The molecular formula is C23H20N4O2S. The number of carbonyl (C=O) groups is 1. The third kappa shape index (κ3) is 4.06. The second kappa shape index (κ2) is 8.42. The molecule has 4 rings (SSSR count). The predicted octanol–water partition coefficient (Wildman–Crippen LogP) is 4.55. The van der Waals surface area contributed by atoms with Crippen molar-refractivity contribution >= 4 is 28.9 Å². The lowest BCUT2D eigenvalue weighted by atomic mass is 10.0. The molecule has 150 valence electrons. The van der Waals surface area contributed by atoms with Crippen LogP contribution in [0.25, 0.3) is 23.0 Å². The van der Waals surface area contributed by atoms with Crippen LogP contribution in [0.2, 0.25) is 0 Å². The topological polar surface area (TPSA) is 80.0 Å². The first-order valence-corrected chi connectivity index (χ1v) is 10.2. The van der Waals surface area contributed by atoms with Gasteiger partial charge < -0.3 is 10.1 Å². The fourth-order valence-corrected chi connectivity index (χ4v) is 3.81. The smallest absolute Gasteiger partial charge is 0.264 e. The third-order valence-electron chi connectivity index (χ3n) is 4.52. The van der Waals surface area contributed by atoms with Crippen LogP contribution in [0.15, 0.2) is 72.3 Å². The van der Waals surface area contributed by atoms with Crippen molar-refractivity contribution in [2.45, 2.75) is 6.92 Å². The van der Waals surface area contributed by atoms with Crippen molar-refractivity contribution in [1.82, 2.24) is 15.1 Å². The van der Waals surface area contributed by atoms with Gasteiger partial charge >= 0.3 is 0 Å². The van der Waals surface area contributed by atoms with Gasteiger partial charge in [0, 0.05) is 17.3 Å². The minimum atomic E-state index is -0.271. The number of rotatable bonds is 6. The zero-order chi connectivity index (χ0) is 21.1. The Labute approximate surface area is 178 Å². The summed E-state index contributed by atoms with van der Waals surface area (Å²) in [5.74, 6) is 0.521. The van der Waals surface area contributed by atoms with Crippen LogP contribution < -0.4 is 10.1 Å². The maximum atomic E-state index is 12.1. The van der Waals surface area contributed by atoms with Gasteiger partial charge in [-0.05, 0) is 60.7 Å². The second-order valence-corrected chi connectivity index (χ2v) is 7.74. The first kappa shape index (κ1) is 19.7. The van der Waals surface area contributed by atoms with Crippen LogP contribution in [0.1, 0.15) is 11.1 Å². The Morgan fingerprint density at radius 3 is 2.73 bits per heavy atom. The first-order valence-electron chi connectivity index (χ1n) is 9.34. The van der Waals surface area contributed by atoms with Gasteiger partial charge in [-0.25, -0.2) is 4.68 Å². The summed E-state index contributed by atoms with van der Waals surface area (Å²) in [6, 6.07) is 15.7. The number of aromatic nitrogens is 2. The van der Waals surface area contributed by atoms with Crippen LogP contribution in [-0.2, 0) is 4.79 Å². The Bertz CT molecular complexity index is 1170. The monoisotopic (exact) mass is 416 g/mol. The van der Waals surface area contributed by atoms with Gasteiger partial charge in [0.25, 0.3) is 5.91 Å². The van der Waals surface area contributed by atoms with Gasteiger partial charge in [0.1, 0.15) is 18.1 Å². The lowest BCUT2D eigenvalue weighted by molar-refractivity contribution is -0.115. The molecule has 2 aromatic carbocycles. The molecule has 1 aromatic heterocycles. The van der Waals surface area contributed by atoms with Gasteiger partial charge in [0.2, 0.25) is 0 Å². The number of benzene rings is 2. The Balaban J connectivity index is 1.80. The zero-order valence-electron chi connectivity index (χ0n) is 16.4. The summed E-state index contributed by atoms with van der Waals surface area (Å²) in [7, 11) is 0. The number of thioether (sulfide) groups is 1. The highest BCUT2D eigenvalue weighted by molar-refractivity contribution is 8.18. The average Bonchev–Trinajstić information content (AvgIpc) is 3.30. The molecule has 1 amide bonds. The highest BCUT2D eigenvalue weighted by atomic mass is 32.2. The largest absolute Gasteiger partial charge is 0.489 e. The SMILES string of the molecule is C=CCOc1ccc(-c2nn(-c3ccccc3)cc2/C=C2\SC(=N)NC2=O)cc1C. The van der Waals surface area contributed by atoms with E-state index >= 15 is 0 Å². The van der Waals surface area contributed by atoms with E-state index in [1.54, 1.807) is 16.8 Å². The Hall–Kier alpha value is -3.58. The molecule has 0 radical (unpaired) electrons. The Morgan fingerprint density at radius 2 is 2.07 bits per heavy atom. The van der Waals surface area contributed by atoms with E-state index < -0.39 is 0 Å². The van der Waals surface area contributed by atoms with E-state index in [-0.39, 0.29) is 11.1 Å². The molecule has 0 saturated carbocycles. The number of aryl methyl sites for hydroxylation is 1. The normalized spacial score (nSPS) is 14.8. The molecule has 0 spiro atoms. The van der Waals surface area contributed by atoms with Crippen LogP contribution in [-0.4, -0.2) is 27.5 Å². The minimum Gasteiger partial charge on any atom is -0.489 e. The van der Waals surface area contributed by atoms with Gasteiger partial charge in [-0.1, -0.05) is 30.9 Å². The molecule has 1 saturated heterocycles. The minimum absolute atomic E-state index is 0.128. The van der Waals surface area contributed by atoms with Crippen molar-refractivity contribution in [3.8, 4) is 22.7 Å². The van der Waals surface area contributed by atoms with E-state index in [9.17, 15) is 4.79 Å². The van der Waals surface area contributed by atoms with Gasteiger partial charge in [0.15, 0.2) is 5.17 Å². The number of amides is 1. The summed E-state index contributed by atoms with van der Waals surface area (Å²) in [5.41, 5.74) is 4.36. The van der Waals surface area contributed by atoms with Crippen molar-refractivity contribution in [1.29, 1.82) is 5.41 Å². The number of carbonyl (C=O) groups excluding carboxylic acids is 1. The maximum Gasteiger partial charge on any atom is 0.264 e. The van der Waals surface area contributed by atoms with Gasteiger partial charge in [-0.15, -0.1) is 0 Å². The Kier molecular flexibility index (Phi) is 5.54. The lowest BCUT2D eigenvalue weighted by Gasteiger charge is -2.09. The first-order chi connectivity index (χ1) is 14.5. The molecule has 3 aromatic rings. The summed E-state index contributed by atoms with van der Waals surface area (Å²) in [4.78, 5) is 12.6. The lowest BCUT2D eigenvalue weighted by Crippen LogP contribution is -2.18. The van der Waals surface area contributed by atoms with Crippen molar-refractivity contribution < 1.29 is 9.53 Å². The number of hydrogen-bond acceptors (Lipinski definition) is 5. The molecule has 0 aliphatic carbocycles. The van der Waals surface area contributed by atoms with Gasteiger partial charge in [-0.3, -0.25) is 10.2 Å². The van der Waals surface area contributed by atoms with Crippen molar-refractivity contribution in [3.05, 3.63) is 83.4 Å². The third-order valence-corrected chi connectivity index (χ3v) is 5.35. The highest BCUT2D eigenvalue weighted by Gasteiger charge is 2.23. The summed E-state index contributed by atoms with van der Waals surface area (Å²) >= 11 is 1.11. The van der Waals surface area contributed by atoms with Crippen molar-refractivity contribution in [2.75, 3.05) is 6.61 Å². The number of amidine groups is 1. The molecule has 30 heavy (non-hydrogen) atoms. The number of para-hydroxylation sites is 1. The quantitative estimate of drug-likeness (QED) is 0.456. The number of nitrogens with one attached hydrogen (secondary N) is 2. The summed E-state index contributed by atoms with van der Waals surface area (Å²) < 4.78 is 7.47. The van der Waals surface area contributed by atoms with E-state index in [4.69, 9.17) is 15.2 Å². The van der Waals surface area contributed by atoms with E-state index in [0.29, 0.717) is 11.5 Å². The Morgan fingerprint density at radius 1 is 1.27 bits per heavy atom. The number of hydrogen-bond donors (Lipinski definition) is 2. The van der Waals surface area contributed by atoms with Gasteiger partial charge in [0.05, 0.1) is 10.6 Å². The molecule has 7 heteroatoms. The fourth-order valence-electron chi connectivity index (χ4n) is 3.12. The van der Waals surface area contributed by atoms with E-state index in [1.165, 1.54) is 0 Å². The molecular weight excluding hydrogens is 396 g/mol. The van der Waals surface area contributed by atoms with Crippen LogP contribution in [0, 0.1) is 12.3 Å². The standard InChI is InChI=1S/C23H20N4O2S/c1-3-11-29-19-10-9-16(12-15(19)2)21-17(13-20-22(28)25-23(24)30-20)14-27(26-21)18-7-5-4-6-8-18/h3-10,12-14H,1,11H2,2H3,(H2,24,25,28)/b20-13-. The molecule has 6 nitrogen and oxygen atoms in total. The van der Waals surface area contributed by atoms with Gasteiger partial charge in [-0.2, -0.15) is 5.10 Å². The molecule has 1 aliphatic rings. The molecule has 0 bridgehead atoms. The van der Waals surface area contributed by atoms with Crippen LogP contribution in [0.5, 0.6) is 5.75 Å². The highest BCUT2D eigenvalue weighted by Crippen LogP contribution is 2.32. The van der Waals surface area contributed by atoms with Crippen LogP contribution in [0.3, 0.4) is 0 Å². The molecule has 2 N–H and O–H groups in total. The van der Waals surface area contributed by atoms with E-state index in [1.807, 2.05) is 61.7 Å². The predicted molar refractivity (Wildman–Crippen MR) is 121 cm³/mol. The number of ether oxygens (including phenoxy) is 1. The number of nitrogens with zero attached hydrogens (tertiary/aromatic N) is 2. The van der Waals surface area contributed by atoms with Crippen molar-refractivity contribution in [3.63, 3.8) is 0 Å². The summed E-state index contributed by atoms with van der Waals surface area (Å²) in [5, 5.41) is 15.1.